The van der Waals surface area contributed by atoms with E-state index in [-0.39, 0.29) is 30.2 Å². The number of halogens is 3. The highest BCUT2D eigenvalue weighted by Crippen LogP contribution is 2.38. The minimum atomic E-state index is -0.915. The van der Waals surface area contributed by atoms with Gasteiger partial charge in [0, 0.05) is 37.0 Å². The molecule has 1 aliphatic heterocycles. The molecule has 1 aliphatic rings. The van der Waals surface area contributed by atoms with Crippen molar-refractivity contribution in [1.29, 1.82) is 0 Å². The average Bonchev–Trinajstić information content (AvgIpc) is 3.44. The SMILES string of the molecule is Cc1ccnc(Nc2ncc(Sc3ccnc(C(=O)NCC4(c5ccc(F)cc5F)CCN(CC(O)CO)CC4)c3F)s2)c1. The van der Waals surface area contributed by atoms with E-state index >= 15 is 8.78 Å². The molecule has 4 heterocycles. The molecule has 232 valence electrons. The maximum atomic E-state index is 15.6. The molecule has 1 aromatic carbocycles. The molecule has 0 spiro atoms. The molecule has 0 saturated carbocycles. The number of nitrogens with one attached hydrogen (secondary N) is 2. The number of piperidine rings is 1. The normalized spacial score (nSPS) is 15.6. The Bertz CT molecular complexity index is 1620. The van der Waals surface area contributed by atoms with Crippen molar-refractivity contribution in [3.8, 4) is 0 Å². The van der Waals surface area contributed by atoms with Gasteiger partial charge in [-0.25, -0.2) is 28.1 Å². The highest BCUT2D eigenvalue weighted by atomic mass is 32.2. The van der Waals surface area contributed by atoms with Crippen LogP contribution in [0.15, 0.2) is 64.1 Å². The first kappa shape index (κ1) is 31.9. The Morgan fingerprint density at radius 3 is 2.61 bits per heavy atom. The molecule has 4 N–H and O–H groups in total. The van der Waals surface area contributed by atoms with Crippen molar-refractivity contribution in [3.05, 3.63) is 89.3 Å². The number of anilines is 2. The third-order valence-corrected chi connectivity index (χ3v) is 9.55. The van der Waals surface area contributed by atoms with Crippen molar-refractivity contribution in [1.82, 2.24) is 25.2 Å². The standard InChI is InChI=1S/C30H31F3N6O3S2/c1-18-4-8-34-24(12-18)38-29-36-14-25(44-29)43-23-5-9-35-27(26(23)33)28(42)37-17-30(21-3-2-19(31)13-22(21)32)6-10-39(11-7-30)15-20(41)16-40/h2-5,8-9,12-14,20,40-41H,6-7,10-11,15-17H2,1H3,(H,37,42)(H,34,36,38). The highest BCUT2D eigenvalue weighted by Gasteiger charge is 2.39. The van der Waals surface area contributed by atoms with E-state index in [2.05, 4.69) is 25.6 Å². The number of rotatable bonds is 11. The van der Waals surface area contributed by atoms with Crippen LogP contribution >= 0.6 is 23.1 Å². The lowest BCUT2D eigenvalue weighted by atomic mass is 9.72. The number of thiazole rings is 1. The van der Waals surface area contributed by atoms with Crippen LogP contribution in [0, 0.1) is 24.4 Å². The number of aliphatic hydroxyl groups is 2. The molecule has 4 aromatic rings. The van der Waals surface area contributed by atoms with Gasteiger partial charge in [0.15, 0.2) is 16.6 Å². The second-order valence-electron chi connectivity index (χ2n) is 10.6. The van der Waals surface area contributed by atoms with Gasteiger partial charge in [0.2, 0.25) is 0 Å². The molecule has 1 unspecified atom stereocenters. The van der Waals surface area contributed by atoms with Crippen molar-refractivity contribution in [2.45, 2.75) is 40.4 Å². The van der Waals surface area contributed by atoms with E-state index < -0.39 is 40.6 Å². The number of nitrogens with zero attached hydrogens (tertiary/aromatic N) is 4. The molecule has 0 radical (unpaired) electrons. The number of aryl methyl sites for hydroxylation is 1. The van der Waals surface area contributed by atoms with Crippen molar-refractivity contribution in [2.24, 2.45) is 0 Å². The van der Waals surface area contributed by atoms with E-state index in [9.17, 15) is 19.4 Å². The van der Waals surface area contributed by atoms with E-state index in [0.717, 1.165) is 23.4 Å². The number of benzene rings is 1. The first-order valence-electron chi connectivity index (χ1n) is 13.9. The predicted octanol–water partition coefficient (Wildman–Crippen LogP) is 4.67. The molecule has 44 heavy (non-hydrogen) atoms. The number of amides is 1. The molecule has 14 heteroatoms. The number of carbonyl (C=O) groups is 1. The average molecular weight is 645 g/mol. The summed E-state index contributed by atoms with van der Waals surface area (Å²) in [5.41, 5.74) is -0.0278. The van der Waals surface area contributed by atoms with Crippen LogP contribution in [0.1, 0.15) is 34.5 Å². The number of β-amino-alcohol motifs (C(OH)–C–C–N with tert-alkyl or cyclic N) is 1. The van der Waals surface area contributed by atoms with Crippen molar-refractivity contribution in [3.63, 3.8) is 0 Å². The lowest BCUT2D eigenvalue weighted by Gasteiger charge is -2.43. The van der Waals surface area contributed by atoms with Gasteiger partial charge in [-0.2, -0.15) is 0 Å². The van der Waals surface area contributed by atoms with E-state index in [1.54, 1.807) is 12.4 Å². The Balaban J connectivity index is 1.29. The summed E-state index contributed by atoms with van der Waals surface area (Å²) in [6, 6.07) is 8.58. The number of likely N-dealkylation sites (tertiary alicyclic amines) is 1. The Kier molecular flexibility index (Phi) is 10.2. The summed E-state index contributed by atoms with van der Waals surface area (Å²) in [6.45, 7) is 2.64. The first-order chi connectivity index (χ1) is 21.2. The second-order valence-corrected chi connectivity index (χ2v) is 13.0. The molecule has 3 aromatic heterocycles. The predicted molar refractivity (Wildman–Crippen MR) is 162 cm³/mol. The van der Waals surface area contributed by atoms with Crippen LogP contribution in [0.3, 0.4) is 0 Å². The molecule has 1 atom stereocenters. The second kappa shape index (κ2) is 14.0. The fraction of sp³-hybridized carbons (Fsp3) is 0.333. The molecule has 0 aliphatic carbocycles. The van der Waals surface area contributed by atoms with Crippen LogP contribution in [-0.4, -0.2) is 74.9 Å². The minimum absolute atomic E-state index is 0.0415. The van der Waals surface area contributed by atoms with Gasteiger partial charge < -0.3 is 25.7 Å². The summed E-state index contributed by atoms with van der Waals surface area (Å²) in [4.78, 5) is 27.9. The number of carbonyl (C=O) groups excluding carboxylic acids is 1. The quantitative estimate of drug-likeness (QED) is 0.185. The van der Waals surface area contributed by atoms with Gasteiger partial charge in [0.05, 0.1) is 28.0 Å². The number of hydrogen-bond acceptors (Lipinski definition) is 10. The lowest BCUT2D eigenvalue weighted by Crippen LogP contribution is -2.51. The van der Waals surface area contributed by atoms with Gasteiger partial charge >= 0.3 is 0 Å². The van der Waals surface area contributed by atoms with E-state index in [0.29, 0.717) is 41.1 Å². The summed E-state index contributed by atoms with van der Waals surface area (Å²) < 4.78 is 45.0. The monoisotopic (exact) mass is 644 g/mol. The number of aliphatic hydroxyl groups excluding tert-OH is 2. The largest absolute Gasteiger partial charge is 0.394 e. The zero-order valence-corrected chi connectivity index (χ0v) is 25.4. The molecular formula is C30H31F3N6O3S2. The minimum Gasteiger partial charge on any atom is -0.394 e. The highest BCUT2D eigenvalue weighted by molar-refractivity contribution is 8.01. The summed E-state index contributed by atoms with van der Waals surface area (Å²) in [7, 11) is 0. The first-order valence-corrected chi connectivity index (χ1v) is 15.5. The Hall–Kier alpha value is -3.56. The molecule has 5 rings (SSSR count). The van der Waals surface area contributed by atoms with Gasteiger partial charge in [-0.05, 0) is 68.2 Å². The molecule has 1 saturated heterocycles. The summed E-state index contributed by atoms with van der Waals surface area (Å²) in [6.07, 6.45) is 4.46. The number of hydrogen-bond donors (Lipinski definition) is 4. The fourth-order valence-corrected chi connectivity index (χ4v) is 7.03. The Morgan fingerprint density at radius 2 is 1.89 bits per heavy atom. The lowest BCUT2D eigenvalue weighted by molar-refractivity contribution is 0.0426. The molecule has 1 fully saturated rings. The maximum Gasteiger partial charge on any atom is 0.273 e. The molecular weight excluding hydrogens is 613 g/mol. The van der Waals surface area contributed by atoms with Crippen molar-refractivity contribution >= 4 is 40.0 Å². The molecule has 1 amide bonds. The van der Waals surface area contributed by atoms with Crippen molar-refractivity contribution in [2.75, 3.05) is 38.1 Å². The third-order valence-electron chi connectivity index (χ3n) is 7.50. The zero-order valence-electron chi connectivity index (χ0n) is 23.8. The van der Waals surface area contributed by atoms with Crippen molar-refractivity contribution < 1.29 is 28.2 Å². The van der Waals surface area contributed by atoms with Gasteiger partial charge in [0.25, 0.3) is 5.91 Å². The van der Waals surface area contributed by atoms with Gasteiger partial charge in [-0.3, -0.25) is 4.79 Å². The molecule has 0 bridgehead atoms. The number of pyridine rings is 2. The zero-order chi connectivity index (χ0) is 31.3. The topological polar surface area (TPSA) is 124 Å². The third kappa shape index (κ3) is 7.56. The van der Waals surface area contributed by atoms with E-state index in [4.69, 9.17) is 0 Å². The van der Waals surface area contributed by atoms with Crippen LogP contribution in [0.4, 0.5) is 24.1 Å². The van der Waals surface area contributed by atoms with Crippen LogP contribution < -0.4 is 10.6 Å². The summed E-state index contributed by atoms with van der Waals surface area (Å²) >= 11 is 2.41. The van der Waals surface area contributed by atoms with Crippen LogP contribution in [-0.2, 0) is 5.41 Å². The fourth-order valence-electron chi connectivity index (χ4n) is 5.16. The van der Waals surface area contributed by atoms with Gasteiger partial charge in [-0.1, -0.05) is 29.2 Å². The van der Waals surface area contributed by atoms with Gasteiger partial charge in [-0.15, -0.1) is 0 Å². The van der Waals surface area contributed by atoms with E-state index in [1.807, 2.05) is 24.0 Å². The smallest absolute Gasteiger partial charge is 0.273 e. The van der Waals surface area contributed by atoms with E-state index in [1.165, 1.54) is 35.7 Å². The maximum absolute atomic E-state index is 15.6. The van der Waals surface area contributed by atoms with Crippen LogP contribution in [0.25, 0.3) is 0 Å². The Labute approximate surface area is 260 Å². The van der Waals surface area contributed by atoms with Gasteiger partial charge in [0.1, 0.15) is 17.5 Å². The summed E-state index contributed by atoms with van der Waals surface area (Å²) in [5, 5.41) is 25.5. The Morgan fingerprint density at radius 1 is 1.11 bits per heavy atom. The van der Waals surface area contributed by atoms with Crippen LogP contribution in [0.5, 0.6) is 0 Å². The number of aromatic nitrogens is 3. The van der Waals surface area contributed by atoms with Crippen LogP contribution in [0.2, 0.25) is 0 Å². The molecule has 9 nitrogen and oxygen atoms in total. The summed E-state index contributed by atoms with van der Waals surface area (Å²) in [5.74, 6) is -2.38.